The predicted octanol–water partition coefficient (Wildman–Crippen LogP) is -2.17. The van der Waals surface area contributed by atoms with Crippen molar-refractivity contribution in [3.8, 4) is 0 Å². The van der Waals surface area contributed by atoms with Crippen LogP contribution < -0.4 is 0 Å². The molecule has 0 aliphatic rings. The third kappa shape index (κ3) is 15.4. The molecule has 7 N–H and O–H groups in total. The summed E-state index contributed by atoms with van der Waals surface area (Å²) < 4.78 is 36.4. The van der Waals surface area contributed by atoms with Gasteiger partial charge in [0, 0.05) is 0 Å². The van der Waals surface area contributed by atoms with Gasteiger partial charge in [-0.3, -0.25) is 0 Å². The van der Waals surface area contributed by atoms with E-state index in [0.717, 1.165) is 0 Å². The van der Waals surface area contributed by atoms with E-state index in [1.807, 2.05) is 0 Å². The van der Waals surface area contributed by atoms with Gasteiger partial charge in [0.2, 0.25) is 0 Å². The summed E-state index contributed by atoms with van der Waals surface area (Å²) in [6.45, 7) is 0. The van der Waals surface area contributed by atoms with Crippen LogP contribution in [0.4, 0.5) is 0 Å². The zero-order valence-corrected chi connectivity index (χ0v) is 8.80. The monoisotopic (exact) mass is 300 g/mol. The summed E-state index contributed by atoms with van der Waals surface area (Å²) in [4.78, 5) is 40.2. The van der Waals surface area contributed by atoms with Crippen LogP contribution in [0.3, 0.4) is 0 Å². The third-order valence-electron chi connectivity index (χ3n) is 0.419. The van der Waals surface area contributed by atoms with E-state index in [1.165, 1.54) is 0 Å². The minimum absolute atomic E-state index is 0. The van der Waals surface area contributed by atoms with Gasteiger partial charge in [0.15, 0.2) is 0 Å². The Kier molecular flexibility index (Phi) is 10.0. The van der Waals surface area contributed by atoms with E-state index in [9.17, 15) is 13.7 Å². The molecule has 0 atom stereocenters. The molecule has 0 radical (unpaired) electrons. The van der Waals surface area contributed by atoms with Gasteiger partial charge in [-0.25, -0.2) is 13.7 Å². The Hall–Kier alpha value is 1.37. The number of rotatable bonds is 4. The molecule has 0 aromatic carbocycles. The molecule has 0 saturated heterocycles. The quantitative estimate of drug-likeness (QED) is 0.280. The summed E-state index contributed by atoms with van der Waals surface area (Å²) in [6, 6.07) is 0. The molecule has 0 aliphatic carbocycles. The van der Waals surface area contributed by atoms with E-state index in [4.69, 9.17) is 24.5 Å². The van der Waals surface area contributed by atoms with E-state index in [2.05, 4.69) is 8.62 Å². The Balaban J connectivity index is -0.000000720. The number of phosphoric acid groups is 3. The van der Waals surface area contributed by atoms with Crippen molar-refractivity contribution in [3.63, 3.8) is 0 Å². The first kappa shape index (κ1) is 21.6. The number of hydrogen-bond acceptors (Lipinski definition) is 5. The van der Waals surface area contributed by atoms with Gasteiger partial charge < -0.3 is 29.9 Å². The van der Waals surface area contributed by atoms with Gasteiger partial charge in [0.05, 0.1) is 0 Å². The van der Waals surface area contributed by atoms with Crippen LogP contribution in [0.5, 0.6) is 0 Å². The third-order valence-corrected chi connectivity index (χ3v) is 3.77. The van der Waals surface area contributed by atoms with Crippen molar-refractivity contribution in [3.05, 3.63) is 0 Å². The maximum absolute atomic E-state index is 10.4. The average Bonchev–Trinajstić information content (AvgIpc) is 1.43. The van der Waals surface area contributed by atoms with Gasteiger partial charge in [0.25, 0.3) is 0 Å². The van der Waals surface area contributed by atoms with Crippen LogP contribution in [0, 0.1) is 0 Å². The molecule has 15 heteroatoms. The summed E-state index contributed by atoms with van der Waals surface area (Å²) in [5, 5.41) is 0. The Labute approximate surface area is 105 Å². The molecule has 0 fully saturated rings. The Morgan fingerprint density at radius 1 is 0.733 bits per heavy atom. The molecular formula is H8NaO11P3. The fraction of sp³-hybridized carbons (Fsp3) is 0. The Morgan fingerprint density at radius 2 is 0.933 bits per heavy atom. The summed E-state index contributed by atoms with van der Waals surface area (Å²) in [5.41, 5.74) is 0. The minimum atomic E-state index is -5.46. The first-order valence-electron chi connectivity index (χ1n) is 2.28. The van der Waals surface area contributed by atoms with Crippen molar-refractivity contribution in [1.82, 2.24) is 0 Å². The van der Waals surface area contributed by atoms with Gasteiger partial charge in [-0.2, -0.15) is 8.62 Å². The van der Waals surface area contributed by atoms with Gasteiger partial charge in [-0.15, -0.1) is 0 Å². The van der Waals surface area contributed by atoms with Crippen molar-refractivity contribution < 1.29 is 52.3 Å². The second-order valence-electron chi connectivity index (χ2n) is 1.61. The van der Waals surface area contributed by atoms with Crippen molar-refractivity contribution >= 4 is 53.0 Å². The van der Waals surface area contributed by atoms with E-state index >= 15 is 0 Å². The summed E-state index contributed by atoms with van der Waals surface area (Å²) >= 11 is 0. The van der Waals surface area contributed by atoms with Crippen LogP contribution in [-0.4, -0.2) is 59.5 Å². The van der Waals surface area contributed by atoms with Crippen LogP contribution >= 0.6 is 23.5 Å². The van der Waals surface area contributed by atoms with Crippen molar-refractivity contribution in [2.45, 2.75) is 0 Å². The van der Waals surface area contributed by atoms with Gasteiger partial charge in [-0.05, 0) is 0 Å². The molecular weight excluding hydrogens is 292 g/mol. The SMILES string of the molecule is O.O=P(O)(O)OP(=O)(O)OP(=O)(O)O.[NaH]. The molecule has 0 aromatic rings. The Bertz CT molecular complexity index is 278. The molecule has 90 valence electrons. The molecule has 0 amide bonds. The average molecular weight is 300 g/mol. The molecule has 0 aliphatic heterocycles. The molecule has 0 bridgehead atoms. The zero-order valence-electron chi connectivity index (χ0n) is 6.12. The molecule has 11 nitrogen and oxygen atoms in total. The van der Waals surface area contributed by atoms with E-state index < -0.39 is 23.5 Å². The summed E-state index contributed by atoms with van der Waals surface area (Å²) in [6.07, 6.45) is 0. The molecule has 15 heavy (non-hydrogen) atoms. The van der Waals surface area contributed by atoms with E-state index in [0.29, 0.717) is 0 Å². The summed E-state index contributed by atoms with van der Waals surface area (Å²) in [7, 11) is -16.2. The molecule has 0 spiro atoms. The van der Waals surface area contributed by atoms with Crippen LogP contribution in [0.25, 0.3) is 0 Å². The first-order valence-corrected chi connectivity index (χ1v) is 6.83. The number of hydrogen-bond donors (Lipinski definition) is 5. The molecule has 0 aromatic heterocycles. The van der Waals surface area contributed by atoms with Gasteiger partial charge in [0.1, 0.15) is 0 Å². The zero-order chi connectivity index (χ0) is 10.9. The molecule has 0 rings (SSSR count). The van der Waals surface area contributed by atoms with Gasteiger partial charge >= 0.3 is 53.0 Å². The first-order chi connectivity index (χ1) is 5.41. The van der Waals surface area contributed by atoms with Crippen molar-refractivity contribution in [2.75, 3.05) is 0 Å². The fourth-order valence-electron chi connectivity index (χ4n) is 0.284. The molecule has 0 saturated carbocycles. The second-order valence-corrected chi connectivity index (χ2v) is 5.82. The standard InChI is InChI=1S/Na.H5O10P3.H2O.H/c;1-11(2,3)9-13(7,8)10-12(4,5)6;;/h;(H,7,8)(H2,1,2,3)(H2,4,5,6);1H2;. The van der Waals surface area contributed by atoms with Crippen LogP contribution in [0.15, 0.2) is 0 Å². The van der Waals surface area contributed by atoms with E-state index in [-0.39, 0.29) is 35.0 Å². The molecule has 0 unspecified atom stereocenters. The van der Waals surface area contributed by atoms with Crippen LogP contribution in [0.2, 0.25) is 0 Å². The molecule has 0 heterocycles. The topological polar surface area (TPSA) is 202 Å². The van der Waals surface area contributed by atoms with Crippen molar-refractivity contribution in [1.29, 1.82) is 0 Å². The van der Waals surface area contributed by atoms with Crippen molar-refractivity contribution in [2.24, 2.45) is 0 Å². The fourth-order valence-corrected chi connectivity index (χ4v) is 2.82. The summed E-state index contributed by atoms with van der Waals surface area (Å²) in [5.74, 6) is 0. The van der Waals surface area contributed by atoms with Crippen LogP contribution in [0.1, 0.15) is 0 Å². The van der Waals surface area contributed by atoms with E-state index in [1.54, 1.807) is 0 Å². The maximum atomic E-state index is 10.4. The second kappa shape index (κ2) is 6.95. The normalized spacial score (nSPS) is 12.6. The predicted molar refractivity (Wildman–Crippen MR) is 46.8 cm³/mol. The van der Waals surface area contributed by atoms with Gasteiger partial charge in [-0.1, -0.05) is 0 Å². The Morgan fingerprint density at radius 3 is 1.07 bits per heavy atom. The van der Waals surface area contributed by atoms with Crippen LogP contribution in [-0.2, 0) is 22.3 Å².